The lowest BCUT2D eigenvalue weighted by molar-refractivity contribution is -0.385. The molecule has 0 saturated carbocycles. The number of nitro benzene ring substituents is 1. The number of nitrogens with one attached hydrogen (secondary N) is 2. The average Bonchev–Trinajstić information content (AvgIpc) is 2.51. The number of hydrogen-bond acceptors (Lipinski definition) is 5. The van der Waals surface area contributed by atoms with E-state index in [0.717, 1.165) is 24.4 Å². The molecule has 0 amide bonds. The quantitative estimate of drug-likeness (QED) is 0.363. The molecule has 0 aliphatic carbocycles. The van der Waals surface area contributed by atoms with Crippen LogP contribution in [-0.4, -0.2) is 16.3 Å². The van der Waals surface area contributed by atoms with Crippen LogP contribution in [0.1, 0.15) is 5.56 Å². The van der Waals surface area contributed by atoms with E-state index in [9.17, 15) is 15.2 Å². The molecule has 0 aliphatic rings. The Hall–Kier alpha value is -2.42. The van der Waals surface area contributed by atoms with Crippen molar-refractivity contribution in [2.24, 2.45) is 5.10 Å². The second-order valence-electron chi connectivity index (χ2n) is 4.43. The van der Waals surface area contributed by atoms with Crippen LogP contribution in [0.4, 0.5) is 11.4 Å². The first-order valence-electron chi connectivity index (χ1n) is 6.37. The van der Waals surface area contributed by atoms with Gasteiger partial charge in [-0.05, 0) is 36.0 Å². The number of thiocarbonyl (C=S) groups is 1. The fourth-order valence-corrected chi connectivity index (χ4v) is 2.27. The lowest BCUT2D eigenvalue weighted by atomic mass is 10.2. The Morgan fingerprint density at radius 3 is 2.67 bits per heavy atom. The molecule has 0 unspecified atom stereocenters. The zero-order valence-electron chi connectivity index (χ0n) is 11.8. The molecule has 2 aromatic rings. The molecular formula is C14H9Cl2N4O3S-. The fourth-order valence-electron chi connectivity index (χ4n) is 1.65. The average molecular weight is 384 g/mol. The molecule has 0 aliphatic heterocycles. The molecule has 0 fully saturated rings. The maximum atomic E-state index is 11.6. The van der Waals surface area contributed by atoms with E-state index in [1.54, 1.807) is 18.2 Å². The molecule has 2 aromatic carbocycles. The molecule has 10 heteroatoms. The highest BCUT2D eigenvalue weighted by atomic mass is 35.5. The molecule has 2 rings (SSSR count). The largest absolute Gasteiger partial charge is 0.872 e. The van der Waals surface area contributed by atoms with Crippen molar-refractivity contribution in [3.8, 4) is 5.75 Å². The van der Waals surface area contributed by atoms with Gasteiger partial charge < -0.3 is 10.4 Å². The Morgan fingerprint density at radius 2 is 2.00 bits per heavy atom. The summed E-state index contributed by atoms with van der Waals surface area (Å²) in [4.78, 5) is 10.1. The van der Waals surface area contributed by atoms with E-state index in [-0.39, 0.29) is 16.4 Å². The van der Waals surface area contributed by atoms with Crippen LogP contribution >= 0.6 is 35.4 Å². The number of hydrogen-bond donors (Lipinski definition) is 2. The molecule has 0 spiro atoms. The van der Waals surface area contributed by atoms with Gasteiger partial charge in [0.25, 0.3) is 5.69 Å². The molecule has 0 radical (unpaired) electrons. The van der Waals surface area contributed by atoms with Crippen molar-refractivity contribution in [2.75, 3.05) is 5.32 Å². The van der Waals surface area contributed by atoms with Crippen molar-refractivity contribution in [1.29, 1.82) is 0 Å². The normalized spacial score (nSPS) is 10.6. The minimum atomic E-state index is -0.598. The topological polar surface area (TPSA) is 103 Å². The molecular weight excluding hydrogens is 375 g/mol. The Labute approximate surface area is 152 Å². The summed E-state index contributed by atoms with van der Waals surface area (Å²) in [5, 5.41) is 29.9. The van der Waals surface area contributed by atoms with Crippen LogP contribution in [-0.2, 0) is 0 Å². The van der Waals surface area contributed by atoms with Gasteiger partial charge in [-0.2, -0.15) is 5.10 Å². The van der Waals surface area contributed by atoms with E-state index in [1.807, 2.05) is 0 Å². The summed E-state index contributed by atoms with van der Waals surface area (Å²) in [6, 6.07) is 8.17. The molecule has 0 bridgehead atoms. The Bertz CT molecular complexity index is 830. The highest BCUT2D eigenvalue weighted by molar-refractivity contribution is 7.80. The predicted molar refractivity (Wildman–Crippen MR) is 96.0 cm³/mol. The molecule has 0 atom stereocenters. The van der Waals surface area contributed by atoms with E-state index in [2.05, 4.69) is 15.8 Å². The minimum Gasteiger partial charge on any atom is -0.872 e. The van der Waals surface area contributed by atoms with Gasteiger partial charge in [-0.15, -0.1) is 0 Å². The van der Waals surface area contributed by atoms with E-state index in [1.165, 1.54) is 0 Å². The monoisotopic (exact) mass is 383 g/mol. The summed E-state index contributed by atoms with van der Waals surface area (Å²) in [6.07, 6.45) is 1.15. The highest BCUT2D eigenvalue weighted by Crippen LogP contribution is 2.25. The van der Waals surface area contributed by atoms with Crippen molar-refractivity contribution in [3.05, 3.63) is 62.1 Å². The number of nitro groups is 1. The Balaban J connectivity index is 2.02. The molecule has 0 aromatic heterocycles. The summed E-state index contributed by atoms with van der Waals surface area (Å²) < 4.78 is 0. The molecule has 0 saturated heterocycles. The van der Waals surface area contributed by atoms with Gasteiger partial charge in [0.05, 0.1) is 21.8 Å². The summed E-state index contributed by atoms with van der Waals surface area (Å²) in [5.41, 5.74) is 2.86. The van der Waals surface area contributed by atoms with E-state index >= 15 is 0 Å². The van der Waals surface area contributed by atoms with E-state index < -0.39 is 10.7 Å². The lowest BCUT2D eigenvalue weighted by Gasteiger charge is -2.10. The van der Waals surface area contributed by atoms with Crippen LogP contribution in [0.2, 0.25) is 10.0 Å². The van der Waals surface area contributed by atoms with Crippen LogP contribution in [0.5, 0.6) is 5.75 Å². The minimum absolute atomic E-state index is 0.0593. The van der Waals surface area contributed by atoms with E-state index in [4.69, 9.17) is 35.4 Å². The molecule has 124 valence electrons. The Kier molecular flexibility index (Phi) is 5.91. The van der Waals surface area contributed by atoms with Gasteiger partial charge in [0.2, 0.25) is 0 Å². The SMILES string of the molecule is O=[N+]([O-])c1ccc([O-])c(/C=N\NC(=S)Nc2ccc(Cl)cc2Cl)c1. The lowest BCUT2D eigenvalue weighted by Crippen LogP contribution is -2.24. The van der Waals surface area contributed by atoms with Gasteiger partial charge in [0.15, 0.2) is 5.11 Å². The first-order valence-corrected chi connectivity index (χ1v) is 7.54. The van der Waals surface area contributed by atoms with Gasteiger partial charge in [-0.3, -0.25) is 15.5 Å². The summed E-state index contributed by atoms with van der Waals surface area (Å²) in [7, 11) is 0. The van der Waals surface area contributed by atoms with Crippen LogP contribution in [0.25, 0.3) is 0 Å². The third-order valence-corrected chi connectivity index (χ3v) is 3.49. The van der Waals surface area contributed by atoms with Gasteiger partial charge in [-0.25, -0.2) is 0 Å². The summed E-state index contributed by atoms with van der Waals surface area (Å²) in [5.74, 6) is -0.397. The van der Waals surface area contributed by atoms with Gasteiger partial charge in [-0.1, -0.05) is 35.0 Å². The van der Waals surface area contributed by atoms with Crippen molar-refractivity contribution >= 4 is 58.1 Å². The number of nitrogens with zero attached hydrogens (tertiary/aromatic N) is 2. The molecule has 24 heavy (non-hydrogen) atoms. The third kappa shape index (κ3) is 4.79. The van der Waals surface area contributed by atoms with Gasteiger partial charge in [0, 0.05) is 17.2 Å². The first-order chi connectivity index (χ1) is 11.4. The third-order valence-electron chi connectivity index (χ3n) is 2.75. The number of hydrazone groups is 1. The summed E-state index contributed by atoms with van der Waals surface area (Å²) in [6.45, 7) is 0. The number of halogens is 2. The molecule has 2 N–H and O–H groups in total. The van der Waals surface area contributed by atoms with Crippen molar-refractivity contribution in [2.45, 2.75) is 0 Å². The van der Waals surface area contributed by atoms with Gasteiger partial charge in [0.1, 0.15) is 0 Å². The van der Waals surface area contributed by atoms with Crippen LogP contribution in [0.3, 0.4) is 0 Å². The standard InChI is InChI=1S/C14H10Cl2N4O3S/c15-9-1-3-12(11(16)6-9)18-14(24)19-17-7-8-5-10(20(22)23)2-4-13(8)21/h1-7,21H,(H2,18,19,24)/p-1/b17-7-. The number of benzene rings is 2. The number of anilines is 1. The van der Waals surface area contributed by atoms with Crippen LogP contribution in [0, 0.1) is 10.1 Å². The maximum absolute atomic E-state index is 11.6. The molecule has 0 heterocycles. The van der Waals surface area contributed by atoms with E-state index in [0.29, 0.717) is 15.7 Å². The predicted octanol–water partition coefficient (Wildman–Crippen LogP) is 3.30. The van der Waals surface area contributed by atoms with Gasteiger partial charge >= 0.3 is 0 Å². The van der Waals surface area contributed by atoms with Crippen molar-refractivity contribution in [3.63, 3.8) is 0 Å². The van der Waals surface area contributed by atoms with Crippen LogP contribution in [0.15, 0.2) is 41.5 Å². The summed E-state index contributed by atoms with van der Waals surface area (Å²) >= 11 is 16.8. The first kappa shape index (κ1) is 17.9. The van der Waals surface area contributed by atoms with Crippen molar-refractivity contribution < 1.29 is 10.0 Å². The second-order valence-corrected chi connectivity index (χ2v) is 5.68. The smallest absolute Gasteiger partial charge is 0.270 e. The van der Waals surface area contributed by atoms with Crippen LogP contribution < -0.4 is 15.8 Å². The second kappa shape index (κ2) is 7.91. The zero-order chi connectivity index (χ0) is 17.7. The number of rotatable bonds is 4. The fraction of sp³-hybridized carbons (Fsp3) is 0. The molecule has 7 nitrogen and oxygen atoms in total. The number of non-ortho nitro benzene ring substituents is 1. The van der Waals surface area contributed by atoms with Crippen molar-refractivity contribution in [1.82, 2.24) is 5.43 Å². The maximum Gasteiger partial charge on any atom is 0.270 e. The zero-order valence-corrected chi connectivity index (χ0v) is 14.2. The Morgan fingerprint density at radius 1 is 1.25 bits per heavy atom. The highest BCUT2D eigenvalue weighted by Gasteiger charge is 2.06.